The van der Waals surface area contributed by atoms with Crippen LogP contribution in [0.3, 0.4) is 0 Å². The SMILES string of the molecule is Nc1ccccc1C(N)(Cl)Cl. The highest BCUT2D eigenvalue weighted by atomic mass is 35.5. The van der Waals surface area contributed by atoms with Gasteiger partial charge in [0.15, 0.2) is 4.46 Å². The van der Waals surface area contributed by atoms with Crippen molar-refractivity contribution in [2.24, 2.45) is 5.73 Å². The third kappa shape index (κ3) is 1.99. The van der Waals surface area contributed by atoms with Gasteiger partial charge in [0.25, 0.3) is 0 Å². The van der Waals surface area contributed by atoms with Crippen molar-refractivity contribution >= 4 is 28.9 Å². The second-order valence-corrected chi connectivity index (χ2v) is 3.60. The molecule has 11 heavy (non-hydrogen) atoms. The number of nitrogen functional groups attached to an aromatic ring is 1. The Balaban J connectivity index is 3.14. The van der Waals surface area contributed by atoms with Crippen LogP contribution in [0.15, 0.2) is 24.3 Å². The zero-order valence-electron chi connectivity index (χ0n) is 5.72. The standard InChI is InChI=1S/C7H8Cl2N2/c8-7(9,11)5-3-1-2-4-6(5)10/h1-4H,10-11H2. The first-order chi connectivity index (χ1) is 5.02. The van der Waals surface area contributed by atoms with Crippen LogP contribution in [0.2, 0.25) is 0 Å². The molecule has 1 aromatic rings. The van der Waals surface area contributed by atoms with Crippen LogP contribution in [0.5, 0.6) is 0 Å². The van der Waals surface area contributed by atoms with Gasteiger partial charge >= 0.3 is 0 Å². The summed E-state index contributed by atoms with van der Waals surface area (Å²) in [4.78, 5) is 0. The van der Waals surface area contributed by atoms with Crippen molar-refractivity contribution in [3.05, 3.63) is 29.8 Å². The fourth-order valence-electron chi connectivity index (χ4n) is 0.801. The molecule has 4 heteroatoms. The predicted octanol–water partition coefficient (Wildman–Crippen LogP) is 1.82. The first-order valence-electron chi connectivity index (χ1n) is 3.03. The second-order valence-electron chi connectivity index (χ2n) is 2.21. The minimum absolute atomic E-state index is 0.500. The Labute approximate surface area is 75.1 Å². The molecule has 0 aliphatic heterocycles. The van der Waals surface area contributed by atoms with Crippen molar-refractivity contribution in [3.8, 4) is 0 Å². The molecular formula is C7H8Cl2N2. The summed E-state index contributed by atoms with van der Waals surface area (Å²) in [6.45, 7) is 0. The van der Waals surface area contributed by atoms with Gasteiger partial charge in [0.05, 0.1) is 0 Å². The van der Waals surface area contributed by atoms with Gasteiger partial charge < -0.3 is 5.73 Å². The highest BCUT2D eigenvalue weighted by Gasteiger charge is 2.21. The third-order valence-corrected chi connectivity index (χ3v) is 1.73. The topological polar surface area (TPSA) is 52.0 Å². The molecule has 0 saturated carbocycles. The summed E-state index contributed by atoms with van der Waals surface area (Å²) in [7, 11) is 0. The average Bonchev–Trinajstić information content (AvgIpc) is 1.86. The molecule has 0 fully saturated rings. The summed E-state index contributed by atoms with van der Waals surface area (Å²) in [6, 6.07) is 6.95. The van der Waals surface area contributed by atoms with Crippen molar-refractivity contribution < 1.29 is 0 Å². The van der Waals surface area contributed by atoms with E-state index in [9.17, 15) is 0 Å². The summed E-state index contributed by atoms with van der Waals surface area (Å²) in [5.74, 6) is 0. The zero-order chi connectivity index (χ0) is 8.48. The van der Waals surface area contributed by atoms with Gasteiger partial charge in [-0.1, -0.05) is 41.4 Å². The van der Waals surface area contributed by atoms with E-state index in [4.69, 9.17) is 34.7 Å². The van der Waals surface area contributed by atoms with E-state index in [0.29, 0.717) is 11.3 Å². The van der Waals surface area contributed by atoms with Gasteiger partial charge in [-0.25, -0.2) is 0 Å². The molecule has 0 aliphatic rings. The molecule has 0 aliphatic carbocycles. The Morgan fingerprint density at radius 2 is 1.73 bits per heavy atom. The maximum Gasteiger partial charge on any atom is 0.194 e. The van der Waals surface area contributed by atoms with E-state index in [0.717, 1.165) is 0 Å². The molecular weight excluding hydrogens is 183 g/mol. The zero-order valence-corrected chi connectivity index (χ0v) is 7.23. The summed E-state index contributed by atoms with van der Waals surface area (Å²) in [6.07, 6.45) is 0. The van der Waals surface area contributed by atoms with Gasteiger partial charge in [0.1, 0.15) is 0 Å². The lowest BCUT2D eigenvalue weighted by Gasteiger charge is -2.15. The van der Waals surface area contributed by atoms with Crippen LogP contribution < -0.4 is 11.5 Å². The number of halogens is 2. The van der Waals surface area contributed by atoms with Crippen molar-refractivity contribution in [2.75, 3.05) is 5.73 Å². The summed E-state index contributed by atoms with van der Waals surface area (Å²) >= 11 is 11.3. The fourth-order valence-corrected chi connectivity index (χ4v) is 1.14. The molecule has 0 unspecified atom stereocenters. The van der Waals surface area contributed by atoms with Gasteiger partial charge in [0, 0.05) is 11.3 Å². The Morgan fingerprint density at radius 1 is 1.18 bits per heavy atom. The van der Waals surface area contributed by atoms with Crippen LogP contribution in [-0.4, -0.2) is 0 Å². The van der Waals surface area contributed by atoms with Crippen LogP contribution >= 0.6 is 23.2 Å². The summed E-state index contributed by atoms with van der Waals surface area (Å²) in [5.41, 5.74) is 12.0. The molecule has 1 aromatic carbocycles. The number of hydrogen-bond donors (Lipinski definition) is 2. The van der Waals surface area contributed by atoms with Crippen molar-refractivity contribution in [2.45, 2.75) is 4.46 Å². The third-order valence-electron chi connectivity index (χ3n) is 1.32. The van der Waals surface area contributed by atoms with Crippen molar-refractivity contribution in [3.63, 3.8) is 0 Å². The van der Waals surface area contributed by atoms with Crippen molar-refractivity contribution in [1.29, 1.82) is 0 Å². The fraction of sp³-hybridized carbons (Fsp3) is 0.143. The minimum atomic E-state index is -1.40. The highest BCUT2D eigenvalue weighted by molar-refractivity contribution is 6.47. The number of hydrogen-bond acceptors (Lipinski definition) is 2. The number of benzene rings is 1. The monoisotopic (exact) mass is 190 g/mol. The number of nitrogens with two attached hydrogens (primary N) is 2. The quantitative estimate of drug-likeness (QED) is 0.404. The normalized spacial score (nSPS) is 11.5. The molecule has 0 heterocycles. The molecule has 0 atom stereocenters. The number of alkyl halides is 2. The van der Waals surface area contributed by atoms with Gasteiger partial charge in [0.2, 0.25) is 0 Å². The van der Waals surface area contributed by atoms with E-state index < -0.39 is 4.46 Å². The maximum absolute atomic E-state index is 5.63. The van der Waals surface area contributed by atoms with Gasteiger partial charge in [-0.2, -0.15) is 0 Å². The Bertz CT molecular complexity index is 255. The summed E-state index contributed by atoms with van der Waals surface area (Å²) in [5, 5.41) is 0. The number of anilines is 1. The van der Waals surface area contributed by atoms with Gasteiger partial charge in [-0.3, -0.25) is 5.73 Å². The number of para-hydroxylation sites is 1. The van der Waals surface area contributed by atoms with E-state index in [-0.39, 0.29) is 0 Å². The van der Waals surface area contributed by atoms with E-state index in [1.807, 2.05) is 0 Å². The lowest BCUT2D eigenvalue weighted by atomic mass is 10.2. The highest BCUT2D eigenvalue weighted by Crippen LogP contribution is 2.31. The molecule has 60 valence electrons. The maximum atomic E-state index is 5.63. The van der Waals surface area contributed by atoms with Crippen LogP contribution in [-0.2, 0) is 4.46 Å². The van der Waals surface area contributed by atoms with E-state index in [2.05, 4.69) is 0 Å². The van der Waals surface area contributed by atoms with E-state index in [1.165, 1.54) is 0 Å². The van der Waals surface area contributed by atoms with Crippen LogP contribution in [0.25, 0.3) is 0 Å². The molecule has 0 bridgehead atoms. The molecule has 0 spiro atoms. The Kier molecular flexibility index (Phi) is 2.28. The van der Waals surface area contributed by atoms with E-state index in [1.54, 1.807) is 24.3 Å². The molecule has 0 aromatic heterocycles. The first kappa shape index (κ1) is 8.65. The van der Waals surface area contributed by atoms with Crippen LogP contribution in [0.4, 0.5) is 5.69 Å². The first-order valence-corrected chi connectivity index (χ1v) is 3.79. The molecule has 2 nitrogen and oxygen atoms in total. The molecule has 4 N–H and O–H groups in total. The number of rotatable bonds is 1. The smallest absolute Gasteiger partial charge is 0.194 e. The largest absolute Gasteiger partial charge is 0.398 e. The average molecular weight is 191 g/mol. The molecule has 1 rings (SSSR count). The lowest BCUT2D eigenvalue weighted by Crippen LogP contribution is -2.23. The van der Waals surface area contributed by atoms with E-state index >= 15 is 0 Å². The van der Waals surface area contributed by atoms with Crippen LogP contribution in [0.1, 0.15) is 5.56 Å². The second kappa shape index (κ2) is 2.89. The Hall–Kier alpha value is -0.440. The lowest BCUT2D eigenvalue weighted by molar-refractivity contribution is 0.920. The molecule has 0 radical (unpaired) electrons. The molecule has 0 amide bonds. The van der Waals surface area contributed by atoms with Crippen LogP contribution in [0, 0.1) is 0 Å². The Morgan fingerprint density at radius 3 is 2.09 bits per heavy atom. The summed E-state index contributed by atoms with van der Waals surface area (Å²) < 4.78 is -1.40. The molecule has 0 saturated heterocycles. The van der Waals surface area contributed by atoms with Crippen molar-refractivity contribution in [1.82, 2.24) is 0 Å². The predicted molar refractivity (Wildman–Crippen MR) is 48.4 cm³/mol. The van der Waals surface area contributed by atoms with Gasteiger partial charge in [-0.05, 0) is 6.07 Å². The minimum Gasteiger partial charge on any atom is -0.398 e. The van der Waals surface area contributed by atoms with Gasteiger partial charge in [-0.15, -0.1) is 0 Å².